The summed E-state index contributed by atoms with van der Waals surface area (Å²) in [6.07, 6.45) is 0. The fraction of sp³-hybridized carbons (Fsp3) is 0.0779. The van der Waals surface area contributed by atoms with Gasteiger partial charge in [0, 0.05) is 71.3 Å². The van der Waals surface area contributed by atoms with E-state index in [2.05, 4.69) is 296 Å². The third kappa shape index (κ3) is 7.95. The molecule has 4 heterocycles. The summed E-state index contributed by atoms with van der Waals surface area (Å²) in [4.78, 5) is 4.77. The maximum absolute atomic E-state index is 10.6. The lowest BCUT2D eigenvalue weighted by atomic mass is 10.0. The number of rotatable bonds is 10. The fourth-order valence-corrected chi connectivity index (χ4v) is 15.7. The number of benzene rings is 12. The first-order chi connectivity index (χ1) is 41.4. The highest BCUT2D eigenvalue weighted by Crippen LogP contribution is 2.51. The molecule has 0 aliphatic heterocycles. The predicted molar refractivity (Wildman–Crippen MR) is 364 cm³/mol. The van der Waals surface area contributed by atoms with E-state index < -0.39 is 16.1 Å². The number of nitriles is 1. The predicted octanol–water partition coefficient (Wildman–Crippen LogP) is 21.0. The van der Waals surface area contributed by atoms with Crippen molar-refractivity contribution in [3.05, 3.63) is 248 Å². The third-order valence-corrected chi connectivity index (χ3v) is 21.8. The zero-order chi connectivity index (χ0) is 57.5. The van der Waals surface area contributed by atoms with Gasteiger partial charge >= 0.3 is 0 Å². The summed E-state index contributed by atoms with van der Waals surface area (Å²) in [7, 11) is -3.27. The Bertz CT molecular complexity index is 5390. The van der Waals surface area contributed by atoms with Crippen LogP contribution in [0.2, 0.25) is 39.3 Å². The van der Waals surface area contributed by atoms with Crippen molar-refractivity contribution in [1.82, 2.24) is 4.40 Å². The van der Waals surface area contributed by atoms with Gasteiger partial charge in [-0.2, -0.15) is 5.26 Å². The third-order valence-electron chi connectivity index (χ3n) is 17.6. The Hall–Kier alpha value is -10.2. The number of aromatic nitrogens is 1. The van der Waals surface area contributed by atoms with E-state index in [9.17, 15) is 5.26 Å². The molecule has 406 valence electrons. The molecule has 0 saturated carbocycles. The molecule has 85 heavy (non-hydrogen) atoms. The monoisotopic (exact) mass is 1130 g/mol. The molecule has 0 amide bonds. The molecule has 0 spiro atoms. The first-order valence-electron chi connectivity index (χ1n) is 29.3. The van der Waals surface area contributed by atoms with E-state index in [4.69, 9.17) is 8.83 Å². The first-order valence-corrected chi connectivity index (χ1v) is 36.3. The van der Waals surface area contributed by atoms with Crippen LogP contribution in [0.3, 0.4) is 0 Å². The van der Waals surface area contributed by atoms with Gasteiger partial charge in [0.25, 0.3) is 0 Å². The minimum Gasteiger partial charge on any atom is -0.453 e. The Morgan fingerprint density at radius 2 is 0.882 bits per heavy atom. The number of nitrogens with zero attached hydrogens (tertiary/aromatic N) is 4. The van der Waals surface area contributed by atoms with Gasteiger partial charge in [-0.15, -0.1) is 0 Å². The van der Waals surface area contributed by atoms with Crippen LogP contribution in [0.4, 0.5) is 34.1 Å². The summed E-state index contributed by atoms with van der Waals surface area (Å²) in [5, 5.41) is 24.3. The molecule has 6 nitrogen and oxygen atoms in total. The second kappa shape index (κ2) is 18.9. The minimum absolute atomic E-state index is 0.611. The highest BCUT2D eigenvalue weighted by atomic mass is 28.3. The van der Waals surface area contributed by atoms with E-state index in [1.54, 1.807) is 0 Å². The molecule has 0 aliphatic carbocycles. The van der Waals surface area contributed by atoms with Crippen molar-refractivity contribution in [2.24, 2.45) is 0 Å². The van der Waals surface area contributed by atoms with Gasteiger partial charge in [0.15, 0.2) is 11.2 Å². The SMILES string of the molecule is C[Si](C)(C)c1ccc(N(c2ccc3cc4c5ccc(N(c6ccc([Si](C)(C)C)cc6)c6cccc7c6oc6c(-c8ccccc8)cccc67)c6c7cc(C#N)ccc7n(c4cc3c2)c56)c2cccc3c2oc2c(-c4ccccc4)cccc23)cc1. The average Bonchev–Trinajstić information content (AvgIpc) is 1.70. The number of furan rings is 2. The quantitative estimate of drug-likeness (QED) is 0.128. The molecule has 0 atom stereocenters. The molecule has 4 aromatic heterocycles. The Kier molecular flexibility index (Phi) is 11.3. The standard InChI is InChI=1S/C77H58N4O2Si2/c1-84(2,3)56-36-32-53(33-37-56)79(69-27-15-25-63-61-23-13-21-58(74(61)82-76(63)69)49-17-9-7-10-18-49)55-31-30-51-45-65-60-40-42-68(72-66-43-48(47-78)29-41-67(66)81(73(60)72)71(65)46-52(51)44-55)80(54-34-38-57(39-35-54)85(4,5)6)70-28-16-26-64-62-24-14-22-59(75(62)83-77(64)70)50-19-11-8-12-20-50/h7-46H,1-6H3. The fourth-order valence-electron chi connectivity index (χ4n) is 13.4. The van der Waals surface area contributed by atoms with E-state index in [-0.39, 0.29) is 0 Å². The van der Waals surface area contributed by atoms with E-state index in [0.717, 1.165) is 149 Å². The van der Waals surface area contributed by atoms with Crippen molar-refractivity contribution in [2.75, 3.05) is 9.80 Å². The van der Waals surface area contributed by atoms with Crippen molar-refractivity contribution in [1.29, 1.82) is 5.26 Å². The Balaban J connectivity index is 0.926. The van der Waals surface area contributed by atoms with Crippen LogP contribution in [0.15, 0.2) is 251 Å². The Labute approximate surface area is 494 Å². The molecule has 16 rings (SSSR count). The van der Waals surface area contributed by atoms with Crippen molar-refractivity contribution in [2.45, 2.75) is 39.3 Å². The second-order valence-electron chi connectivity index (χ2n) is 24.8. The molecule has 0 fully saturated rings. The van der Waals surface area contributed by atoms with Crippen LogP contribution < -0.4 is 20.2 Å². The summed E-state index contributed by atoms with van der Waals surface area (Å²) in [5.41, 5.74) is 17.6. The number of fused-ring (bicyclic) bond motifs is 13. The molecule has 0 saturated heterocycles. The molecule has 0 aliphatic rings. The highest BCUT2D eigenvalue weighted by Gasteiger charge is 2.29. The minimum atomic E-state index is -1.66. The molecule has 0 N–H and O–H groups in total. The highest BCUT2D eigenvalue weighted by molar-refractivity contribution is 6.89. The lowest BCUT2D eigenvalue weighted by Gasteiger charge is -2.27. The van der Waals surface area contributed by atoms with Crippen molar-refractivity contribution in [3.8, 4) is 28.3 Å². The van der Waals surface area contributed by atoms with Crippen LogP contribution in [-0.4, -0.2) is 20.5 Å². The molecule has 0 bridgehead atoms. The van der Waals surface area contributed by atoms with Gasteiger partial charge in [0.2, 0.25) is 0 Å². The average molecular weight is 1130 g/mol. The van der Waals surface area contributed by atoms with Crippen molar-refractivity contribution >= 4 is 153 Å². The van der Waals surface area contributed by atoms with Crippen LogP contribution in [0.5, 0.6) is 0 Å². The van der Waals surface area contributed by atoms with Gasteiger partial charge < -0.3 is 23.0 Å². The maximum atomic E-state index is 10.6. The summed E-state index contributed by atoms with van der Waals surface area (Å²) in [5.74, 6) is 0. The topological polar surface area (TPSA) is 61.0 Å². The van der Waals surface area contributed by atoms with Gasteiger partial charge in [0.1, 0.15) is 11.2 Å². The molecule has 8 heteroatoms. The molecular formula is C77H58N4O2Si2. The van der Waals surface area contributed by atoms with Crippen LogP contribution in [-0.2, 0) is 0 Å². The van der Waals surface area contributed by atoms with Crippen LogP contribution in [0.1, 0.15) is 5.56 Å². The molecular weight excluding hydrogens is 1070 g/mol. The van der Waals surface area contributed by atoms with E-state index in [0.29, 0.717) is 5.56 Å². The summed E-state index contributed by atoms with van der Waals surface area (Å²) in [6.45, 7) is 14.4. The molecule has 16 aromatic rings. The van der Waals surface area contributed by atoms with Crippen molar-refractivity contribution < 1.29 is 8.83 Å². The number of anilines is 6. The van der Waals surface area contributed by atoms with Crippen molar-refractivity contribution in [3.63, 3.8) is 0 Å². The van der Waals surface area contributed by atoms with Crippen LogP contribution in [0, 0.1) is 11.3 Å². The van der Waals surface area contributed by atoms with E-state index >= 15 is 0 Å². The number of hydrogen-bond donors (Lipinski definition) is 0. The van der Waals surface area contributed by atoms with Crippen LogP contribution >= 0.6 is 0 Å². The molecule has 0 unspecified atom stereocenters. The lowest BCUT2D eigenvalue weighted by molar-refractivity contribution is 0.670. The number of hydrogen-bond acceptors (Lipinski definition) is 5. The van der Waals surface area contributed by atoms with Gasteiger partial charge in [0.05, 0.1) is 61.4 Å². The second-order valence-corrected chi connectivity index (χ2v) is 35.0. The Morgan fingerprint density at radius 3 is 1.44 bits per heavy atom. The van der Waals surface area contributed by atoms with E-state index in [1.807, 2.05) is 6.07 Å². The largest absolute Gasteiger partial charge is 0.453 e. The van der Waals surface area contributed by atoms with Gasteiger partial charge in [-0.3, -0.25) is 0 Å². The van der Waals surface area contributed by atoms with Gasteiger partial charge in [-0.25, -0.2) is 0 Å². The zero-order valence-electron chi connectivity index (χ0n) is 48.2. The first kappa shape index (κ1) is 50.5. The summed E-state index contributed by atoms with van der Waals surface area (Å²) in [6, 6.07) is 90.3. The summed E-state index contributed by atoms with van der Waals surface area (Å²) < 4.78 is 16.8. The molecule has 12 aromatic carbocycles. The maximum Gasteiger partial charge on any atom is 0.159 e. The lowest BCUT2D eigenvalue weighted by Crippen LogP contribution is -2.37. The Morgan fingerprint density at radius 1 is 0.365 bits per heavy atom. The number of para-hydroxylation sites is 4. The summed E-state index contributed by atoms with van der Waals surface area (Å²) >= 11 is 0. The van der Waals surface area contributed by atoms with Crippen LogP contribution in [0.25, 0.3) is 115 Å². The molecule has 0 radical (unpaired) electrons. The normalized spacial score (nSPS) is 12.3. The van der Waals surface area contributed by atoms with Gasteiger partial charge in [-0.1, -0.05) is 207 Å². The van der Waals surface area contributed by atoms with Gasteiger partial charge in [-0.05, 0) is 107 Å². The van der Waals surface area contributed by atoms with E-state index in [1.165, 1.54) is 10.4 Å². The smallest absolute Gasteiger partial charge is 0.159 e. The zero-order valence-corrected chi connectivity index (χ0v) is 50.2.